The third kappa shape index (κ3) is 8.40. The summed E-state index contributed by atoms with van der Waals surface area (Å²) in [5, 5.41) is 13.9. The first kappa shape index (κ1) is 37.7. The number of alkyl halides is 7. The fourth-order valence-corrected chi connectivity index (χ4v) is 4.22. The van der Waals surface area contributed by atoms with Crippen molar-refractivity contribution >= 4 is 23.2 Å². The number of anilines is 2. The Morgan fingerprint density at radius 1 is 0.844 bits per heavy atom. The van der Waals surface area contributed by atoms with Gasteiger partial charge in [0.25, 0.3) is 5.91 Å². The van der Waals surface area contributed by atoms with Crippen LogP contribution in [0.15, 0.2) is 36.4 Å². The number of carbonyl (C=O) groups excluding carboxylic acids is 2. The van der Waals surface area contributed by atoms with Gasteiger partial charge in [-0.05, 0) is 60.3 Å². The number of phenolic OH excluding ortho intramolecular Hbond substituents is 1. The first-order chi connectivity index (χ1) is 20.6. The molecule has 1 atom stereocenters. The minimum absolute atomic E-state index is 0.0814. The number of rotatable bonds is 14. The van der Waals surface area contributed by atoms with Gasteiger partial charge < -0.3 is 20.5 Å². The molecule has 2 aromatic carbocycles. The first-order valence-electron chi connectivity index (χ1n) is 14.6. The average molecular weight is 651 g/mol. The Morgan fingerprint density at radius 3 is 1.96 bits per heavy atom. The molecule has 0 aliphatic rings. The number of aromatic hydroxyl groups is 1. The minimum atomic E-state index is -6.71. The maximum atomic E-state index is 13.7. The van der Waals surface area contributed by atoms with Gasteiger partial charge >= 0.3 is 23.9 Å². The number of amides is 2. The van der Waals surface area contributed by atoms with E-state index in [4.69, 9.17) is 4.74 Å². The van der Waals surface area contributed by atoms with Crippen LogP contribution in [0.4, 0.5) is 42.1 Å². The number of halogens is 7. The van der Waals surface area contributed by atoms with E-state index >= 15 is 0 Å². The van der Waals surface area contributed by atoms with Gasteiger partial charge in [-0.25, -0.2) is 0 Å². The van der Waals surface area contributed by atoms with Crippen molar-refractivity contribution in [1.29, 1.82) is 0 Å². The van der Waals surface area contributed by atoms with Crippen LogP contribution in [0.5, 0.6) is 11.5 Å². The predicted molar refractivity (Wildman–Crippen MR) is 158 cm³/mol. The van der Waals surface area contributed by atoms with Gasteiger partial charge in [0.1, 0.15) is 11.5 Å². The number of carbonyl (C=O) groups is 2. The van der Waals surface area contributed by atoms with Crippen molar-refractivity contribution in [3.8, 4) is 11.5 Å². The summed E-state index contributed by atoms with van der Waals surface area (Å²) in [4.78, 5) is 25.0. The van der Waals surface area contributed by atoms with Crippen molar-refractivity contribution < 1.29 is 50.2 Å². The summed E-state index contributed by atoms with van der Waals surface area (Å²) in [6.45, 7) is 14.5. The molecule has 0 aromatic heterocycles. The Balaban J connectivity index is 2.34. The summed E-state index contributed by atoms with van der Waals surface area (Å²) in [5.74, 6) is -16.9. The molecule has 0 aliphatic heterocycles. The van der Waals surface area contributed by atoms with E-state index < -0.39 is 47.4 Å². The number of unbranched alkanes of at least 4 members (excludes halogenated alkanes) is 1. The van der Waals surface area contributed by atoms with Gasteiger partial charge in [0.2, 0.25) is 0 Å². The average Bonchev–Trinajstić information content (AvgIpc) is 2.95. The highest BCUT2D eigenvalue weighted by Gasteiger charge is 2.76. The standard InChI is InChI=1S/C32H41F7N2O4/c1-8-11-12-25(45-24-16-13-19(28(4,5)9-2)17-21(24)29(6,7)10-3)26(43)40-20-14-15-22(23(42)18-20)41-27(44)30(33,34)31(35,36)32(37,38)39/h13-18,25,42H,8-12H2,1-7H3,(H,40,43)(H,41,44). The van der Waals surface area contributed by atoms with Gasteiger partial charge in [-0.2, -0.15) is 30.7 Å². The number of hydrogen-bond acceptors (Lipinski definition) is 4. The fraction of sp³-hybridized carbons (Fsp3) is 0.562. The minimum Gasteiger partial charge on any atom is -0.506 e. The lowest BCUT2D eigenvalue weighted by Crippen LogP contribution is -2.57. The second-order valence-corrected chi connectivity index (χ2v) is 12.3. The van der Waals surface area contributed by atoms with Gasteiger partial charge in [-0.15, -0.1) is 0 Å². The molecule has 45 heavy (non-hydrogen) atoms. The van der Waals surface area contributed by atoms with E-state index in [2.05, 4.69) is 46.0 Å². The Labute approximate surface area is 258 Å². The predicted octanol–water partition coefficient (Wildman–Crippen LogP) is 9.12. The second kappa shape index (κ2) is 13.9. The Bertz CT molecular complexity index is 1360. The van der Waals surface area contributed by atoms with Gasteiger partial charge in [-0.1, -0.05) is 67.0 Å². The zero-order chi connectivity index (χ0) is 34.6. The van der Waals surface area contributed by atoms with Crippen LogP contribution in [0.2, 0.25) is 0 Å². The van der Waals surface area contributed by atoms with Crippen molar-refractivity contribution in [3.63, 3.8) is 0 Å². The van der Waals surface area contributed by atoms with Crippen LogP contribution < -0.4 is 15.4 Å². The lowest BCUT2D eigenvalue weighted by atomic mass is 9.76. The fourth-order valence-electron chi connectivity index (χ4n) is 4.22. The van der Waals surface area contributed by atoms with Crippen LogP contribution in [0.25, 0.3) is 0 Å². The molecule has 252 valence electrons. The highest BCUT2D eigenvalue weighted by atomic mass is 19.4. The van der Waals surface area contributed by atoms with E-state index in [1.54, 1.807) is 0 Å². The maximum absolute atomic E-state index is 13.7. The van der Waals surface area contributed by atoms with Crippen molar-refractivity contribution in [2.45, 2.75) is 116 Å². The molecule has 2 aromatic rings. The van der Waals surface area contributed by atoms with Crippen molar-refractivity contribution in [2.75, 3.05) is 10.6 Å². The van der Waals surface area contributed by atoms with Gasteiger partial charge in [0.05, 0.1) is 5.69 Å². The summed E-state index contributed by atoms with van der Waals surface area (Å²) in [6, 6.07) is 8.52. The summed E-state index contributed by atoms with van der Waals surface area (Å²) in [5.41, 5.74) is 0.681. The quantitative estimate of drug-likeness (QED) is 0.141. The number of ether oxygens (including phenoxy) is 1. The Morgan fingerprint density at radius 2 is 1.44 bits per heavy atom. The second-order valence-electron chi connectivity index (χ2n) is 12.3. The highest BCUT2D eigenvalue weighted by Crippen LogP contribution is 2.47. The molecule has 1 unspecified atom stereocenters. The molecule has 0 saturated carbocycles. The molecule has 3 N–H and O–H groups in total. The molecule has 0 aliphatic carbocycles. The van der Waals surface area contributed by atoms with Crippen LogP contribution in [-0.2, 0) is 20.4 Å². The molecule has 2 amide bonds. The molecule has 0 fully saturated rings. The summed E-state index contributed by atoms with van der Waals surface area (Å²) in [6.07, 6.45) is -4.33. The van der Waals surface area contributed by atoms with Gasteiger partial charge in [-0.3, -0.25) is 9.59 Å². The van der Waals surface area contributed by atoms with E-state index in [9.17, 15) is 45.4 Å². The van der Waals surface area contributed by atoms with Crippen LogP contribution in [0.3, 0.4) is 0 Å². The van der Waals surface area contributed by atoms with Gasteiger partial charge in [0, 0.05) is 17.3 Å². The third-order valence-electron chi connectivity index (χ3n) is 8.19. The molecular weight excluding hydrogens is 609 g/mol. The molecule has 6 nitrogen and oxygen atoms in total. The summed E-state index contributed by atoms with van der Waals surface area (Å²) in [7, 11) is 0. The van der Waals surface area contributed by atoms with E-state index in [0.717, 1.165) is 48.6 Å². The molecule has 0 bridgehead atoms. The Kier molecular flexibility index (Phi) is 11.6. The van der Waals surface area contributed by atoms with Crippen molar-refractivity contribution in [2.24, 2.45) is 0 Å². The molecular formula is C32H41F7N2O4. The SMILES string of the molecule is CCCCC(Oc1ccc(C(C)(C)CC)cc1C(C)(C)CC)C(=O)Nc1ccc(NC(=O)C(F)(F)C(F)(F)C(F)(F)F)c(O)c1. The molecule has 13 heteroatoms. The van der Waals surface area contributed by atoms with E-state index in [1.165, 1.54) is 5.32 Å². The van der Waals surface area contributed by atoms with Gasteiger partial charge in [0.15, 0.2) is 6.10 Å². The molecule has 0 saturated heterocycles. The molecule has 0 spiro atoms. The smallest absolute Gasteiger partial charge is 0.460 e. The zero-order valence-electron chi connectivity index (χ0n) is 26.4. The lowest BCUT2D eigenvalue weighted by Gasteiger charge is -2.31. The normalized spacial score (nSPS) is 13.7. The lowest BCUT2D eigenvalue weighted by molar-refractivity contribution is -0.343. The Hall–Kier alpha value is -3.51. The van der Waals surface area contributed by atoms with Crippen molar-refractivity contribution in [3.05, 3.63) is 47.5 Å². The zero-order valence-corrected chi connectivity index (χ0v) is 26.4. The highest BCUT2D eigenvalue weighted by molar-refractivity contribution is 5.99. The van der Waals surface area contributed by atoms with Crippen LogP contribution in [0, 0.1) is 0 Å². The first-order valence-corrected chi connectivity index (χ1v) is 14.6. The maximum Gasteiger partial charge on any atom is 0.460 e. The number of phenols is 1. The third-order valence-corrected chi connectivity index (χ3v) is 8.19. The number of nitrogens with one attached hydrogen (secondary N) is 2. The van der Waals surface area contributed by atoms with Crippen molar-refractivity contribution in [1.82, 2.24) is 0 Å². The van der Waals surface area contributed by atoms with Crippen LogP contribution in [0.1, 0.15) is 91.7 Å². The van der Waals surface area contributed by atoms with E-state index in [-0.39, 0.29) is 16.5 Å². The van der Waals surface area contributed by atoms with E-state index in [1.807, 2.05) is 26.0 Å². The molecule has 0 heterocycles. The van der Waals surface area contributed by atoms with E-state index in [0.29, 0.717) is 18.6 Å². The number of hydrogen-bond donors (Lipinski definition) is 3. The van der Waals surface area contributed by atoms with Crippen LogP contribution in [-0.4, -0.2) is 41.0 Å². The van der Waals surface area contributed by atoms with Crippen LogP contribution >= 0.6 is 0 Å². The summed E-state index contributed by atoms with van der Waals surface area (Å²) < 4.78 is 97.5. The monoisotopic (exact) mass is 650 g/mol. The molecule has 2 rings (SSSR count). The topological polar surface area (TPSA) is 87.7 Å². The molecule has 0 radical (unpaired) electrons. The summed E-state index contributed by atoms with van der Waals surface area (Å²) >= 11 is 0. The number of benzene rings is 2. The largest absolute Gasteiger partial charge is 0.506 e.